The van der Waals surface area contributed by atoms with Gasteiger partial charge >= 0.3 is 5.97 Å². The number of thiophene rings is 1. The lowest BCUT2D eigenvalue weighted by Crippen LogP contribution is -1.93. The van der Waals surface area contributed by atoms with Crippen molar-refractivity contribution in [2.24, 2.45) is 0 Å². The molecule has 2 aromatic rings. The van der Waals surface area contributed by atoms with Gasteiger partial charge in [0.2, 0.25) is 0 Å². The molecule has 0 amide bonds. The van der Waals surface area contributed by atoms with Gasteiger partial charge in [-0.05, 0) is 18.6 Å². The lowest BCUT2D eigenvalue weighted by molar-refractivity contribution is 0.0701. The highest BCUT2D eigenvalue weighted by molar-refractivity contribution is 7.20. The lowest BCUT2D eigenvalue weighted by atomic mass is 10.2. The van der Waals surface area contributed by atoms with Crippen LogP contribution >= 0.6 is 11.3 Å². The summed E-state index contributed by atoms with van der Waals surface area (Å²) in [6, 6.07) is 3.70. The molecule has 2 heterocycles. The molecule has 0 aliphatic carbocycles. The summed E-state index contributed by atoms with van der Waals surface area (Å²) < 4.78 is 0. The van der Waals surface area contributed by atoms with Gasteiger partial charge in [-0.15, -0.1) is 11.3 Å². The van der Waals surface area contributed by atoms with Gasteiger partial charge in [-0.25, -0.2) is 9.78 Å². The van der Waals surface area contributed by atoms with Gasteiger partial charge in [0.15, 0.2) is 0 Å². The topological polar surface area (TPSA) is 50.2 Å². The van der Waals surface area contributed by atoms with E-state index in [0.29, 0.717) is 4.88 Å². The van der Waals surface area contributed by atoms with Crippen molar-refractivity contribution < 1.29 is 9.90 Å². The van der Waals surface area contributed by atoms with Crippen LogP contribution in [-0.4, -0.2) is 16.1 Å². The normalized spacial score (nSPS) is 10.5. The maximum atomic E-state index is 10.8. The third kappa shape index (κ3) is 1.19. The Morgan fingerprint density at radius 3 is 3.00 bits per heavy atom. The molecule has 2 aromatic heterocycles. The Kier molecular flexibility index (Phi) is 1.77. The summed E-state index contributed by atoms with van der Waals surface area (Å²) >= 11 is 1.22. The Balaban J connectivity index is 2.81. The second-order valence-corrected chi connectivity index (χ2v) is 3.72. The van der Waals surface area contributed by atoms with Crippen LogP contribution in [0, 0.1) is 6.92 Å². The Morgan fingerprint density at radius 1 is 1.62 bits per heavy atom. The second-order valence-electron chi connectivity index (χ2n) is 2.72. The molecule has 0 saturated carbocycles. The summed E-state index contributed by atoms with van der Waals surface area (Å²) in [4.78, 5) is 16.0. The quantitative estimate of drug-likeness (QED) is 0.756. The van der Waals surface area contributed by atoms with Crippen LogP contribution in [0.3, 0.4) is 0 Å². The van der Waals surface area contributed by atoms with Crippen molar-refractivity contribution in [3.8, 4) is 0 Å². The zero-order valence-corrected chi connectivity index (χ0v) is 7.76. The summed E-state index contributed by atoms with van der Waals surface area (Å²) in [5.74, 6) is -0.875. The van der Waals surface area contributed by atoms with E-state index in [1.807, 2.05) is 19.1 Å². The van der Waals surface area contributed by atoms with E-state index < -0.39 is 5.97 Å². The monoisotopic (exact) mass is 193 g/mol. The van der Waals surface area contributed by atoms with E-state index in [9.17, 15) is 4.79 Å². The number of rotatable bonds is 1. The fourth-order valence-electron chi connectivity index (χ4n) is 1.26. The summed E-state index contributed by atoms with van der Waals surface area (Å²) in [5, 5.41) is 9.78. The van der Waals surface area contributed by atoms with E-state index in [0.717, 1.165) is 15.8 Å². The lowest BCUT2D eigenvalue weighted by Gasteiger charge is -1.89. The maximum Gasteiger partial charge on any atom is 0.346 e. The van der Waals surface area contributed by atoms with Crippen LogP contribution in [0.4, 0.5) is 0 Å². The molecule has 0 aliphatic heterocycles. The number of pyridine rings is 1. The van der Waals surface area contributed by atoms with Crippen LogP contribution in [0.25, 0.3) is 10.2 Å². The molecule has 4 heteroatoms. The van der Waals surface area contributed by atoms with Crippen LogP contribution in [0.15, 0.2) is 18.3 Å². The first-order valence-electron chi connectivity index (χ1n) is 3.77. The molecule has 0 radical (unpaired) electrons. The first-order chi connectivity index (χ1) is 6.20. The van der Waals surface area contributed by atoms with E-state index >= 15 is 0 Å². The fraction of sp³-hybridized carbons (Fsp3) is 0.111. The number of hydrogen-bond donors (Lipinski definition) is 1. The largest absolute Gasteiger partial charge is 0.477 e. The van der Waals surface area contributed by atoms with E-state index in [2.05, 4.69) is 4.98 Å². The van der Waals surface area contributed by atoms with Crippen LogP contribution < -0.4 is 0 Å². The highest BCUT2D eigenvalue weighted by Crippen LogP contribution is 2.28. The smallest absolute Gasteiger partial charge is 0.346 e. The first kappa shape index (κ1) is 8.19. The molecule has 0 unspecified atom stereocenters. The fourth-order valence-corrected chi connectivity index (χ4v) is 2.25. The van der Waals surface area contributed by atoms with E-state index in [-0.39, 0.29) is 0 Å². The second kappa shape index (κ2) is 2.81. The number of carboxylic acid groups (broad SMARTS) is 1. The van der Waals surface area contributed by atoms with E-state index in [4.69, 9.17) is 5.11 Å². The zero-order chi connectivity index (χ0) is 9.42. The third-order valence-corrected chi connectivity index (χ3v) is 3.11. The molecule has 0 atom stereocenters. The predicted octanol–water partition coefficient (Wildman–Crippen LogP) is 2.30. The molecule has 0 bridgehead atoms. The number of aromatic nitrogens is 1. The van der Waals surface area contributed by atoms with Gasteiger partial charge in [0.05, 0.1) is 0 Å². The zero-order valence-electron chi connectivity index (χ0n) is 6.94. The Morgan fingerprint density at radius 2 is 2.38 bits per heavy atom. The standard InChI is InChI=1S/C9H7NO2S/c1-5-6-3-2-4-10-8(6)13-7(5)9(11)12/h2-4H,1H3,(H,11,12). The highest BCUT2D eigenvalue weighted by atomic mass is 32.1. The van der Waals surface area contributed by atoms with Crippen LogP contribution in [0.2, 0.25) is 0 Å². The Hall–Kier alpha value is -1.42. The molecule has 3 nitrogen and oxygen atoms in total. The highest BCUT2D eigenvalue weighted by Gasteiger charge is 2.13. The molecule has 1 N–H and O–H groups in total. The summed E-state index contributed by atoms with van der Waals surface area (Å²) in [7, 11) is 0. The summed E-state index contributed by atoms with van der Waals surface area (Å²) in [6.45, 7) is 1.81. The average Bonchev–Trinajstić information content (AvgIpc) is 2.45. The van der Waals surface area contributed by atoms with Crippen molar-refractivity contribution in [3.05, 3.63) is 28.8 Å². The molecule has 0 spiro atoms. The van der Waals surface area contributed by atoms with E-state index in [1.165, 1.54) is 11.3 Å². The molecule has 13 heavy (non-hydrogen) atoms. The SMILES string of the molecule is Cc1c(C(=O)O)sc2ncccc12. The number of fused-ring (bicyclic) bond motifs is 1. The molecular formula is C9H7NO2S. The molecule has 2 rings (SSSR count). The number of hydrogen-bond acceptors (Lipinski definition) is 3. The van der Waals surface area contributed by atoms with Crippen molar-refractivity contribution in [2.45, 2.75) is 6.92 Å². The van der Waals surface area contributed by atoms with Gasteiger partial charge in [-0.1, -0.05) is 6.07 Å². The van der Waals surface area contributed by atoms with Crippen molar-refractivity contribution >= 4 is 27.5 Å². The molecule has 0 aliphatic rings. The number of aryl methyl sites for hydroxylation is 1. The van der Waals surface area contributed by atoms with Gasteiger partial charge in [0.25, 0.3) is 0 Å². The van der Waals surface area contributed by atoms with Crippen molar-refractivity contribution in [1.82, 2.24) is 4.98 Å². The minimum absolute atomic E-state index is 0.383. The summed E-state index contributed by atoms with van der Waals surface area (Å²) in [6.07, 6.45) is 1.67. The van der Waals surface area contributed by atoms with E-state index in [1.54, 1.807) is 6.20 Å². The van der Waals surface area contributed by atoms with Gasteiger partial charge in [-0.3, -0.25) is 0 Å². The molecule has 66 valence electrons. The van der Waals surface area contributed by atoms with Gasteiger partial charge in [0.1, 0.15) is 9.71 Å². The van der Waals surface area contributed by atoms with Gasteiger partial charge in [-0.2, -0.15) is 0 Å². The average molecular weight is 193 g/mol. The minimum atomic E-state index is -0.875. The van der Waals surface area contributed by atoms with Gasteiger partial charge < -0.3 is 5.11 Å². The van der Waals surface area contributed by atoms with Gasteiger partial charge in [0, 0.05) is 11.6 Å². The van der Waals surface area contributed by atoms with Crippen molar-refractivity contribution in [1.29, 1.82) is 0 Å². The van der Waals surface area contributed by atoms with Crippen LogP contribution in [0.1, 0.15) is 15.2 Å². The first-order valence-corrected chi connectivity index (χ1v) is 4.59. The number of aromatic carboxylic acids is 1. The Bertz CT molecular complexity index is 475. The molecule has 0 fully saturated rings. The molecular weight excluding hydrogens is 186 g/mol. The number of carbonyl (C=O) groups is 1. The number of nitrogens with zero attached hydrogens (tertiary/aromatic N) is 1. The minimum Gasteiger partial charge on any atom is -0.477 e. The molecule has 0 saturated heterocycles. The van der Waals surface area contributed by atoms with Crippen molar-refractivity contribution in [3.63, 3.8) is 0 Å². The molecule has 0 aromatic carbocycles. The third-order valence-electron chi connectivity index (χ3n) is 1.91. The van der Waals surface area contributed by atoms with Crippen LogP contribution in [0.5, 0.6) is 0 Å². The maximum absolute atomic E-state index is 10.8. The number of carboxylic acids is 1. The van der Waals surface area contributed by atoms with Crippen molar-refractivity contribution in [2.75, 3.05) is 0 Å². The predicted molar refractivity (Wildman–Crippen MR) is 51.3 cm³/mol. The summed E-state index contributed by atoms with van der Waals surface area (Å²) in [5.41, 5.74) is 0.806. The Labute approximate surface area is 78.7 Å². The van der Waals surface area contributed by atoms with Crippen LogP contribution in [-0.2, 0) is 0 Å².